The summed E-state index contributed by atoms with van der Waals surface area (Å²) in [5.41, 5.74) is 4.84. The Bertz CT molecular complexity index is 1280. The number of ether oxygens (including phenoxy) is 2. The lowest BCUT2D eigenvalue weighted by atomic mass is 10.00. The fourth-order valence-corrected chi connectivity index (χ4v) is 4.82. The summed E-state index contributed by atoms with van der Waals surface area (Å²) in [6.45, 7) is 10.0. The molecule has 0 aliphatic carbocycles. The summed E-state index contributed by atoms with van der Waals surface area (Å²) in [6.07, 6.45) is 6.87. The number of aliphatic hydroxyl groups is 1. The number of amides is 1. The monoisotopic (exact) mass is 546 g/mol. The smallest absolute Gasteiger partial charge is 0.249 e. The molecule has 214 valence electrons. The van der Waals surface area contributed by atoms with Crippen molar-refractivity contribution in [2.45, 2.75) is 46.3 Å². The van der Waals surface area contributed by atoms with Gasteiger partial charge in [-0.05, 0) is 65.8 Å². The summed E-state index contributed by atoms with van der Waals surface area (Å²) in [4.78, 5) is 19.7. The number of unbranched alkanes of at least 4 members (excludes halogenated alkanes) is 1. The van der Waals surface area contributed by atoms with Gasteiger partial charge in [0.15, 0.2) is 12.1 Å². The standard InChI is InChI=1S/C32H42N4O4/c1-5-6-17-39-18-19-40-28-10-7-24(8-11-28)25-9-12-29-27(20-25)21-26(13-15-36(29)22-23(2)3)31(37)34-32(38)30-33-14-16-35(30)4/h7-12,14,16,20-21,23,32,38H,5-6,13,15,17-19,22H2,1-4H3,(H,34,37). The second-order valence-electron chi connectivity index (χ2n) is 10.6. The van der Waals surface area contributed by atoms with E-state index in [0.717, 1.165) is 60.7 Å². The van der Waals surface area contributed by atoms with Crippen LogP contribution in [0.15, 0.2) is 60.4 Å². The third-order valence-corrected chi connectivity index (χ3v) is 6.92. The number of aliphatic hydroxyl groups excluding tert-OH is 1. The Labute approximate surface area is 237 Å². The van der Waals surface area contributed by atoms with Gasteiger partial charge in [0, 0.05) is 50.4 Å². The molecule has 1 aliphatic heterocycles. The van der Waals surface area contributed by atoms with Gasteiger partial charge >= 0.3 is 0 Å². The van der Waals surface area contributed by atoms with Crippen LogP contribution in [0.1, 0.15) is 57.6 Å². The summed E-state index contributed by atoms with van der Waals surface area (Å²) in [7, 11) is 1.78. The van der Waals surface area contributed by atoms with Gasteiger partial charge in [0.25, 0.3) is 0 Å². The van der Waals surface area contributed by atoms with Crippen LogP contribution in [-0.4, -0.2) is 53.5 Å². The number of imidazole rings is 1. The van der Waals surface area contributed by atoms with Crippen LogP contribution in [0.5, 0.6) is 5.75 Å². The molecule has 0 bridgehead atoms. The zero-order chi connectivity index (χ0) is 28.5. The van der Waals surface area contributed by atoms with Crippen molar-refractivity contribution in [3.63, 3.8) is 0 Å². The number of nitrogens with one attached hydrogen (secondary N) is 1. The van der Waals surface area contributed by atoms with Crippen molar-refractivity contribution in [1.82, 2.24) is 14.9 Å². The first-order valence-electron chi connectivity index (χ1n) is 14.2. The number of hydrogen-bond acceptors (Lipinski definition) is 6. The highest BCUT2D eigenvalue weighted by molar-refractivity contribution is 5.99. The molecule has 2 N–H and O–H groups in total. The SMILES string of the molecule is CCCCOCCOc1ccc(-c2ccc3c(c2)C=C(C(=O)NC(O)c2nccn2C)CCN3CC(C)C)cc1. The third kappa shape index (κ3) is 7.73. The molecule has 1 unspecified atom stereocenters. The molecule has 2 aromatic carbocycles. The largest absolute Gasteiger partial charge is 0.491 e. The van der Waals surface area contributed by atoms with Crippen LogP contribution in [-0.2, 0) is 16.6 Å². The Balaban J connectivity index is 1.52. The van der Waals surface area contributed by atoms with Crippen LogP contribution < -0.4 is 15.0 Å². The Morgan fingerprint density at radius 1 is 1.10 bits per heavy atom. The van der Waals surface area contributed by atoms with E-state index in [1.165, 1.54) is 0 Å². The number of benzene rings is 2. The average molecular weight is 547 g/mol. The molecule has 40 heavy (non-hydrogen) atoms. The minimum absolute atomic E-state index is 0.293. The first-order valence-corrected chi connectivity index (χ1v) is 14.2. The molecule has 1 atom stereocenters. The molecule has 0 radical (unpaired) electrons. The summed E-state index contributed by atoms with van der Waals surface area (Å²) < 4.78 is 13.1. The lowest BCUT2D eigenvalue weighted by Crippen LogP contribution is -2.33. The predicted octanol–water partition coefficient (Wildman–Crippen LogP) is 5.34. The molecule has 8 heteroatoms. The third-order valence-electron chi connectivity index (χ3n) is 6.92. The van der Waals surface area contributed by atoms with Crippen LogP contribution in [0.4, 0.5) is 5.69 Å². The summed E-state index contributed by atoms with van der Waals surface area (Å²) >= 11 is 0. The maximum atomic E-state index is 13.2. The fourth-order valence-electron chi connectivity index (χ4n) is 4.82. The molecule has 1 amide bonds. The molecule has 8 nitrogen and oxygen atoms in total. The van der Waals surface area contributed by atoms with E-state index in [0.29, 0.717) is 37.0 Å². The normalized spacial score (nSPS) is 13.9. The number of hydrogen-bond donors (Lipinski definition) is 2. The van der Waals surface area contributed by atoms with Gasteiger partial charge in [0.05, 0.1) is 6.61 Å². The summed E-state index contributed by atoms with van der Waals surface area (Å²) in [6, 6.07) is 14.5. The molecular weight excluding hydrogens is 504 g/mol. The molecule has 4 rings (SSSR count). The Morgan fingerprint density at radius 2 is 1.88 bits per heavy atom. The number of aromatic nitrogens is 2. The van der Waals surface area contributed by atoms with Gasteiger partial charge in [0.2, 0.25) is 5.91 Å². The topological polar surface area (TPSA) is 88.9 Å². The predicted molar refractivity (Wildman–Crippen MR) is 159 cm³/mol. The van der Waals surface area contributed by atoms with Crippen molar-refractivity contribution in [3.05, 3.63) is 71.8 Å². The van der Waals surface area contributed by atoms with Gasteiger partial charge in [-0.15, -0.1) is 0 Å². The van der Waals surface area contributed by atoms with E-state index < -0.39 is 6.23 Å². The van der Waals surface area contributed by atoms with E-state index in [9.17, 15) is 9.90 Å². The van der Waals surface area contributed by atoms with Crippen LogP contribution >= 0.6 is 0 Å². The van der Waals surface area contributed by atoms with Gasteiger partial charge < -0.3 is 29.4 Å². The minimum atomic E-state index is -1.18. The average Bonchev–Trinajstić information content (AvgIpc) is 3.29. The van der Waals surface area contributed by atoms with Gasteiger partial charge in [-0.3, -0.25) is 4.79 Å². The molecular formula is C32H42N4O4. The molecule has 1 aromatic heterocycles. The highest BCUT2D eigenvalue weighted by Gasteiger charge is 2.23. The van der Waals surface area contributed by atoms with E-state index in [2.05, 4.69) is 66.3 Å². The van der Waals surface area contributed by atoms with E-state index in [1.54, 1.807) is 24.0 Å². The minimum Gasteiger partial charge on any atom is -0.491 e. The molecule has 0 fully saturated rings. The number of carbonyl (C=O) groups is 1. The van der Waals surface area contributed by atoms with Crippen molar-refractivity contribution in [1.29, 1.82) is 0 Å². The highest BCUT2D eigenvalue weighted by Crippen LogP contribution is 2.33. The quantitative estimate of drug-likeness (QED) is 0.222. The Hall–Kier alpha value is -3.62. The van der Waals surface area contributed by atoms with Gasteiger partial charge in [-0.25, -0.2) is 4.98 Å². The molecule has 1 aliphatic rings. The summed E-state index contributed by atoms with van der Waals surface area (Å²) in [5, 5.41) is 13.3. The Kier molecular flexibility index (Phi) is 10.4. The van der Waals surface area contributed by atoms with Crippen LogP contribution in [0.2, 0.25) is 0 Å². The first-order chi connectivity index (χ1) is 19.4. The van der Waals surface area contributed by atoms with Crippen LogP contribution in [0, 0.1) is 5.92 Å². The molecule has 0 saturated heterocycles. The molecule has 0 spiro atoms. The molecule has 3 aromatic rings. The number of carbonyl (C=O) groups excluding carboxylic acids is 1. The van der Waals surface area contributed by atoms with Crippen molar-refractivity contribution >= 4 is 17.7 Å². The zero-order valence-electron chi connectivity index (χ0n) is 24.1. The van der Waals surface area contributed by atoms with E-state index in [-0.39, 0.29) is 5.91 Å². The van der Waals surface area contributed by atoms with E-state index >= 15 is 0 Å². The fraction of sp³-hybridized carbons (Fsp3) is 0.438. The van der Waals surface area contributed by atoms with Crippen LogP contribution in [0.25, 0.3) is 17.2 Å². The zero-order valence-corrected chi connectivity index (χ0v) is 24.1. The highest BCUT2D eigenvalue weighted by atomic mass is 16.5. The van der Waals surface area contributed by atoms with Gasteiger partial charge in [-0.2, -0.15) is 0 Å². The maximum absolute atomic E-state index is 13.2. The van der Waals surface area contributed by atoms with Crippen molar-refractivity contribution in [3.8, 4) is 16.9 Å². The molecule has 0 saturated carbocycles. The number of nitrogens with zero attached hydrogens (tertiary/aromatic N) is 3. The van der Waals surface area contributed by atoms with Gasteiger partial charge in [-0.1, -0.05) is 45.4 Å². The van der Waals surface area contributed by atoms with Crippen molar-refractivity contribution in [2.75, 3.05) is 37.8 Å². The lowest BCUT2D eigenvalue weighted by molar-refractivity contribution is -0.120. The number of anilines is 1. The number of fused-ring (bicyclic) bond motifs is 1. The Morgan fingerprint density at radius 3 is 2.58 bits per heavy atom. The maximum Gasteiger partial charge on any atom is 0.249 e. The molecule has 2 heterocycles. The first kappa shape index (κ1) is 29.4. The second-order valence-corrected chi connectivity index (χ2v) is 10.6. The number of rotatable bonds is 13. The summed E-state index contributed by atoms with van der Waals surface area (Å²) in [5.74, 6) is 1.38. The number of aryl methyl sites for hydroxylation is 1. The second kappa shape index (κ2) is 14.1. The van der Waals surface area contributed by atoms with Crippen LogP contribution in [0.3, 0.4) is 0 Å². The van der Waals surface area contributed by atoms with E-state index in [1.807, 2.05) is 18.2 Å². The van der Waals surface area contributed by atoms with E-state index in [4.69, 9.17) is 9.47 Å². The lowest BCUT2D eigenvalue weighted by Gasteiger charge is -2.27. The van der Waals surface area contributed by atoms with Crippen molar-refractivity contribution < 1.29 is 19.4 Å². The van der Waals surface area contributed by atoms with Gasteiger partial charge in [0.1, 0.15) is 12.4 Å². The van der Waals surface area contributed by atoms with Crippen molar-refractivity contribution in [2.24, 2.45) is 13.0 Å².